The second-order valence-electron chi connectivity index (χ2n) is 8.34. The summed E-state index contributed by atoms with van der Waals surface area (Å²) in [4.78, 5) is 19.0. The van der Waals surface area contributed by atoms with Crippen LogP contribution in [0.3, 0.4) is 0 Å². The number of hydroxylamine groups is 2. The molecule has 0 N–H and O–H groups in total. The molecule has 0 radical (unpaired) electrons. The first-order valence-corrected chi connectivity index (χ1v) is 11.8. The van der Waals surface area contributed by atoms with Gasteiger partial charge in [0.1, 0.15) is 0 Å². The van der Waals surface area contributed by atoms with E-state index in [4.69, 9.17) is 14.6 Å². The molecule has 1 unspecified atom stereocenters. The van der Waals surface area contributed by atoms with E-state index in [1.54, 1.807) is 0 Å². The van der Waals surface area contributed by atoms with Crippen LogP contribution in [0.2, 0.25) is 0 Å². The van der Waals surface area contributed by atoms with Crippen LogP contribution in [0, 0.1) is 0 Å². The van der Waals surface area contributed by atoms with E-state index in [9.17, 15) is 0 Å². The molecule has 0 aromatic heterocycles. The van der Waals surface area contributed by atoms with Gasteiger partial charge in [-0.3, -0.25) is 0 Å². The van der Waals surface area contributed by atoms with Crippen molar-refractivity contribution < 1.29 is 14.6 Å². The van der Waals surface area contributed by atoms with Gasteiger partial charge in [-0.25, -0.2) is 9.73 Å². The Morgan fingerprint density at radius 1 is 0.719 bits per heavy atom. The van der Waals surface area contributed by atoms with Gasteiger partial charge in [-0.2, -0.15) is 4.89 Å². The highest BCUT2D eigenvalue weighted by Gasteiger charge is 2.47. The minimum atomic E-state index is -1.16. The summed E-state index contributed by atoms with van der Waals surface area (Å²) in [5.41, 5.74) is 2.96. The highest BCUT2D eigenvalue weighted by atomic mass is 17.3. The fourth-order valence-electron chi connectivity index (χ4n) is 4.11. The maximum atomic E-state index is 6.73. The zero-order chi connectivity index (χ0) is 22.1. The summed E-state index contributed by atoms with van der Waals surface area (Å²) in [6.45, 7) is 2.85. The summed E-state index contributed by atoms with van der Waals surface area (Å²) in [5.74, 6) is -1.16. The van der Waals surface area contributed by atoms with Crippen molar-refractivity contribution in [2.24, 2.45) is 0 Å². The predicted molar refractivity (Wildman–Crippen MR) is 126 cm³/mol. The Balaban J connectivity index is 1.61. The van der Waals surface area contributed by atoms with Gasteiger partial charge in [-0.15, -0.1) is 5.06 Å². The summed E-state index contributed by atoms with van der Waals surface area (Å²) < 4.78 is 0. The van der Waals surface area contributed by atoms with E-state index >= 15 is 0 Å². The third kappa shape index (κ3) is 5.45. The lowest BCUT2D eigenvalue weighted by Crippen LogP contribution is -2.52. The Hall–Kier alpha value is -2.50. The molecular formula is C28H33NO3. The SMILES string of the molecule is CCCCCCCC1OOC(c2ccccc2)(c2ccccc2)ON1Cc1ccccc1. The third-order valence-corrected chi connectivity index (χ3v) is 5.89. The molecule has 3 aromatic rings. The van der Waals surface area contributed by atoms with Gasteiger partial charge in [0.2, 0.25) is 0 Å². The van der Waals surface area contributed by atoms with Crippen LogP contribution in [0.25, 0.3) is 0 Å². The van der Waals surface area contributed by atoms with Crippen molar-refractivity contribution in [3.8, 4) is 0 Å². The molecule has 0 amide bonds. The number of hydrogen-bond donors (Lipinski definition) is 0. The predicted octanol–water partition coefficient (Wildman–Crippen LogP) is 6.97. The standard InChI is InChI=1S/C28H33NO3/c1-2-3-4-5-15-22-27-29(23-24-16-9-6-10-17-24)31-28(32-30-27,25-18-11-7-12-19-25)26-20-13-8-14-21-26/h6-14,16-21,27H,2-5,15,22-23H2,1H3. The summed E-state index contributed by atoms with van der Waals surface area (Å²) in [5, 5.41) is 1.96. The molecule has 0 bridgehead atoms. The smallest absolute Gasteiger partial charge is 0.248 e. The first-order chi connectivity index (χ1) is 15.8. The van der Waals surface area contributed by atoms with E-state index in [1.807, 2.05) is 71.8 Å². The first-order valence-electron chi connectivity index (χ1n) is 11.8. The van der Waals surface area contributed by atoms with Gasteiger partial charge < -0.3 is 0 Å². The molecule has 4 rings (SSSR count). The number of unbranched alkanes of at least 4 members (excludes halogenated alkanes) is 4. The van der Waals surface area contributed by atoms with Gasteiger partial charge >= 0.3 is 0 Å². The molecule has 32 heavy (non-hydrogen) atoms. The highest BCUT2D eigenvalue weighted by molar-refractivity contribution is 5.33. The molecular weight excluding hydrogens is 398 g/mol. The van der Waals surface area contributed by atoms with Crippen LogP contribution in [0.5, 0.6) is 0 Å². The van der Waals surface area contributed by atoms with Crippen molar-refractivity contribution >= 4 is 0 Å². The van der Waals surface area contributed by atoms with E-state index in [2.05, 4.69) is 31.2 Å². The van der Waals surface area contributed by atoms with E-state index in [0.717, 1.165) is 24.0 Å². The fraction of sp³-hybridized carbons (Fsp3) is 0.357. The Kier molecular flexibility index (Phi) is 8.07. The third-order valence-electron chi connectivity index (χ3n) is 5.89. The molecule has 1 aliphatic rings. The van der Waals surface area contributed by atoms with Crippen molar-refractivity contribution in [2.75, 3.05) is 0 Å². The van der Waals surface area contributed by atoms with Gasteiger partial charge in [-0.1, -0.05) is 124 Å². The second-order valence-corrected chi connectivity index (χ2v) is 8.34. The second kappa shape index (κ2) is 11.4. The van der Waals surface area contributed by atoms with E-state index in [0.29, 0.717) is 6.54 Å². The van der Waals surface area contributed by atoms with E-state index < -0.39 is 5.79 Å². The lowest BCUT2D eigenvalue weighted by atomic mass is 9.97. The molecule has 1 saturated heterocycles. The van der Waals surface area contributed by atoms with Gasteiger partial charge in [0.05, 0.1) is 6.54 Å². The summed E-state index contributed by atoms with van der Waals surface area (Å²) in [6.07, 6.45) is 6.62. The minimum Gasteiger partial charge on any atom is -0.248 e. The molecule has 0 spiro atoms. The zero-order valence-corrected chi connectivity index (χ0v) is 18.9. The van der Waals surface area contributed by atoms with E-state index in [1.165, 1.54) is 31.2 Å². The minimum absolute atomic E-state index is 0.266. The largest absolute Gasteiger partial charge is 0.271 e. The van der Waals surface area contributed by atoms with Crippen molar-refractivity contribution in [1.82, 2.24) is 5.06 Å². The monoisotopic (exact) mass is 431 g/mol. The zero-order valence-electron chi connectivity index (χ0n) is 18.9. The quantitative estimate of drug-likeness (QED) is 0.256. The number of hydrogen-bond acceptors (Lipinski definition) is 4. The van der Waals surface area contributed by atoms with Crippen LogP contribution in [0.4, 0.5) is 0 Å². The molecule has 0 aliphatic carbocycles. The Bertz CT molecular complexity index is 878. The molecule has 168 valence electrons. The number of nitrogens with zero attached hydrogens (tertiary/aromatic N) is 1. The first kappa shape index (κ1) is 22.7. The molecule has 1 atom stereocenters. The molecule has 1 heterocycles. The van der Waals surface area contributed by atoms with Crippen LogP contribution < -0.4 is 0 Å². The maximum Gasteiger partial charge on any atom is 0.271 e. The number of rotatable bonds is 10. The highest BCUT2D eigenvalue weighted by Crippen LogP contribution is 2.41. The van der Waals surface area contributed by atoms with E-state index in [-0.39, 0.29) is 6.23 Å². The lowest BCUT2D eigenvalue weighted by molar-refractivity contribution is -0.564. The Morgan fingerprint density at radius 3 is 1.88 bits per heavy atom. The molecule has 1 aliphatic heterocycles. The van der Waals surface area contributed by atoms with Crippen LogP contribution >= 0.6 is 0 Å². The Labute approximate surface area is 191 Å². The van der Waals surface area contributed by atoms with Gasteiger partial charge in [0.15, 0.2) is 6.23 Å². The van der Waals surface area contributed by atoms with Gasteiger partial charge in [0.25, 0.3) is 5.79 Å². The summed E-state index contributed by atoms with van der Waals surface area (Å²) >= 11 is 0. The molecule has 4 heteroatoms. The average molecular weight is 432 g/mol. The Morgan fingerprint density at radius 2 is 1.28 bits per heavy atom. The van der Waals surface area contributed by atoms with Crippen LogP contribution in [0.15, 0.2) is 91.0 Å². The average Bonchev–Trinajstić information content (AvgIpc) is 2.86. The lowest BCUT2D eigenvalue weighted by Gasteiger charge is -2.45. The summed E-state index contributed by atoms with van der Waals surface area (Å²) in [6, 6.07) is 30.4. The normalized spacial score (nSPS) is 18.5. The molecule has 0 saturated carbocycles. The summed E-state index contributed by atoms with van der Waals surface area (Å²) in [7, 11) is 0. The van der Waals surface area contributed by atoms with Crippen LogP contribution in [-0.4, -0.2) is 11.3 Å². The van der Waals surface area contributed by atoms with Crippen molar-refractivity contribution in [3.63, 3.8) is 0 Å². The van der Waals surface area contributed by atoms with Crippen molar-refractivity contribution in [1.29, 1.82) is 0 Å². The van der Waals surface area contributed by atoms with Gasteiger partial charge in [0, 0.05) is 11.1 Å². The van der Waals surface area contributed by atoms with Gasteiger partial charge in [-0.05, 0) is 18.4 Å². The van der Waals surface area contributed by atoms with Crippen LogP contribution in [0.1, 0.15) is 62.1 Å². The molecule has 4 nitrogen and oxygen atoms in total. The van der Waals surface area contributed by atoms with Crippen LogP contribution in [-0.2, 0) is 26.9 Å². The molecule has 1 fully saturated rings. The fourth-order valence-corrected chi connectivity index (χ4v) is 4.11. The maximum absolute atomic E-state index is 6.73. The topological polar surface area (TPSA) is 30.9 Å². The number of benzene rings is 3. The molecule has 3 aromatic carbocycles. The van der Waals surface area contributed by atoms with Crippen molar-refractivity contribution in [2.45, 2.75) is 64.0 Å². The van der Waals surface area contributed by atoms with Crippen molar-refractivity contribution in [3.05, 3.63) is 108 Å².